The predicted molar refractivity (Wildman–Crippen MR) is 74.6 cm³/mol. The summed E-state index contributed by atoms with van der Waals surface area (Å²) in [5, 5.41) is 6.94. The minimum atomic E-state index is -2.79. The van der Waals surface area contributed by atoms with Crippen LogP contribution in [0.15, 0.2) is 0 Å². The van der Waals surface area contributed by atoms with E-state index in [4.69, 9.17) is 0 Å². The molecule has 2 aliphatic rings. The second-order valence-corrected chi connectivity index (χ2v) is 8.33. The second-order valence-electron chi connectivity index (χ2n) is 6.10. The summed E-state index contributed by atoms with van der Waals surface area (Å²) >= 11 is 0. The quantitative estimate of drug-likeness (QED) is 0.805. The number of sulfone groups is 1. The van der Waals surface area contributed by atoms with Crippen LogP contribution in [-0.2, 0) is 9.84 Å². The highest BCUT2D eigenvalue weighted by atomic mass is 32.2. The fourth-order valence-corrected chi connectivity index (χ4v) is 4.60. The van der Waals surface area contributed by atoms with E-state index in [0.717, 1.165) is 13.0 Å². The Kier molecular flexibility index (Phi) is 4.67. The fourth-order valence-electron chi connectivity index (χ4n) is 3.11. The van der Waals surface area contributed by atoms with Gasteiger partial charge in [0.1, 0.15) is 0 Å². The van der Waals surface area contributed by atoms with Gasteiger partial charge in [-0.25, -0.2) is 8.42 Å². The minimum Gasteiger partial charge on any atom is -0.312 e. The average Bonchev–Trinajstić information content (AvgIpc) is 2.28. The maximum atomic E-state index is 11.5. The highest BCUT2D eigenvalue weighted by Gasteiger charge is 2.27. The molecule has 2 fully saturated rings. The van der Waals surface area contributed by atoms with Gasteiger partial charge in [0.2, 0.25) is 0 Å². The maximum absolute atomic E-state index is 11.5. The molecule has 1 heterocycles. The molecule has 0 aromatic carbocycles. The first-order valence-corrected chi connectivity index (χ1v) is 9.00. The normalized spacial score (nSPS) is 31.1. The van der Waals surface area contributed by atoms with Crippen molar-refractivity contribution in [3.63, 3.8) is 0 Å². The number of nitrogens with one attached hydrogen (secondary N) is 2. The molecule has 1 unspecified atom stereocenters. The monoisotopic (exact) mass is 274 g/mol. The van der Waals surface area contributed by atoms with Crippen molar-refractivity contribution in [3.8, 4) is 0 Å². The first-order chi connectivity index (χ1) is 8.49. The van der Waals surface area contributed by atoms with E-state index in [9.17, 15) is 8.42 Å². The lowest BCUT2D eigenvalue weighted by atomic mass is 9.83. The number of hydrogen-bond acceptors (Lipinski definition) is 4. The van der Waals surface area contributed by atoms with Gasteiger partial charge in [0.25, 0.3) is 0 Å². The summed E-state index contributed by atoms with van der Waals surface area (Å²) in [6.45, 7) is 3.84. The van der Waals surface area contributed by atoms with Crippen LogP contribution >= 0.6 is 0 Å². The van der Waals surface area contributed by atoms with Crippen molar-refractivity contribution in [2.45, 2.75) is 57.0 Å². The van der Waals surface area contributed by atoms with E-state index < -0.39 is 9.84 Å². The third-order valence-corrected chi connectivity index (χ3v) is 6.04. The van der Waals surface area contributed by atoms with E-state index in [1.165, 1.54) is 32.1 Å². The zero-order chi connectivity index (χ0) is 13.1. The van der Waals surface area contributed by atoms with Crippen molar-refractivity contribution in [2.24, 2.45) is 0 Å². The van der Waals surface area contributed by atoms with Crippen LogP contribution in [-0.4, -0.2) is 44.6 Å². The molecule has 2 rings (SSSR count). The molecule has 0 radical (unpaired) electrons. The minimum absolute atomic E-state index is 0.142. The molecule has 1 aliphatic heterocycles. The van der Waals surface area contributed by atoms with Crippen molar-refractivity contribution >= 4 is 9.84 Å². The van der Waals surface area contributed by atoms with E-state index in [1.54, 1.807) is 0 Å². The highest BCUT2D eigenvalue weighted by Crippen LogP contribution is 2.27. The molecule has 106 valence electrons. The summed E-state index contributed by atoms with van der Waals surface area (Å²) in [6.07, 6.45) is 7.42. The molecule has 4 nitrogen and oxygen atoms in total. The van der Waals surface area contributed by atoms with Gasteiger partial charge in [-0.1, -0.05) is 19.3 Å². The summed E-state index contributed by atoms with van der Waals surface area (Å²) in [5.41, 5.74) is 0.284. The lowest BCUT2D eigenvalue weighted by Crippen LogP contribution is -2.49. The molecular formula is C13H26N2O2S. The molecule has 1 saturated carbocycles. The Labute approximate surface area is 111 Å². The number of rotatable bonds is 4. The van der Waals surface area contributed by atoms with E-state index in [1.807, 2.05) is 0 Å². The summed E-state index contributed by atoms with van der Waals surface area (Å²) in [7, 11) is -2.79. The molecule has 5 heteroatoms. The van der Waals surface area contributed by atoms with Crippen LogP contribution in [0.5, 0.6) is 0 Å². The van der Waals surface area contributed by atoms with Gasteiger partial charge >= 0.3 is 0 Å². The molecule has 18 heavy (non-hydrogen) atoms. The van der Waals surface area contributed by atoms with Crippen molar-refractivity contribution in [1.82, 2.24) is 10.6 Å². The first-order valence-electron chi connectivity index (χ1n) is 7.18. The SMILES string of the molecule is CC1(NCCC2CS(=O)(=O)CCN2)CCCCC1. The predicted octanol–water partition coefficient (Wildman–Crippen LogP) is 1.08. The highest BCUT2D eigenvalue weighted by molar-refractivity contribution is 7.91. The lowest BCUT2D eigenvalue weighted by molar-refractivity contribution is 0.250. The van der Waals surface area contributed by atoms with Crippen LogP contribution in [0.25, 0.3) is 0 Å². The Morgan fingerprint density at radius 1 is 1.28 bits per heavy atom. The topological polar surface area (TPSA) is 58.2 Å². The standard InChI is InChI=1S/C13H26N2O2S/c1-13(6-3-2-4-7-13)15-8-5-12-11-18(16,17)10-9-14-12/h12,14-15H,2-11H2,1H3. The van der Waals surface area contributed by atoms with Crippen molar-refractivity contribution < 1.29 is 8.42 Å². The number of hydrogen-bond donors (Lipinski definition) is 2. The summed E-state index contributed by atoms with van der Waals surface area (Å²) in [4.78, 5) is 0. The van der Waals surface area contributed by atoms with Crippen LogP contribution in [0.2, 0.25) is 0 Å². The van der Waals surface area contributed by atoms with Gasteiger partial charge in [-0.15, -0.1) is 0 Å². The molecule has 0 bridgehead atoms. The molecule has 0 aromatic heterocycles. The van der Waals surface area contributed by atoms with Gasteiger partial charge in [0.05, 0.1) is 11.5 Å². The van der Waals surface area contributed by atoms with Crippen LogP contribution in [0.4, 0.5) is 0 Å². The summed E-state index contributed by atoms with van der Waals surface area (Å²) < 4.78 is 23.1. The van der Waals surface area contributed by atoms with Crippen LogP contribution < -0.4 is 10.6 Å². The Morgan fingerprint density at radius 2 is 2.00 bits per heavy atom. The van der Waals surface area contributed by atoms with Gasteiger partial charge in [0, 0.05) is 18.1 Å². The average molecular weight is 274 g/mol. The third kappa shape index (κ3) is 4.21. The molecule has 0 spiro atoms. The van der Waals surface area contributed by atoms with E-state index in [0.29, 0.717) is 18.1 Å². The van der Waals surface area contributed by atoms with Gasteiger partial charge in [-0.3, -0.25) is 0 Å². The van der Waals surface area contributed by atoms with E-state index in [2.05, 4.69) is 17.6 Å². The summed E-state index contributed by atoms with van der Waals surface area (Å²) in [6, 6.07) is 0.142. The van der Waals surface area contributed by atoms with Crippen LogP contribution in [0.3, 0.4) is 0 Å². The molecule has 1 saturated heterocycles. The molecule has 1 atom stereocenters. The zero-order valence-corrected chi connectivity index (χ0v) is 12.2. The largest absolute Gasteiger partial charge is 0.312 e. The van der Waals surface area contributed by atoms with E-state index >= 15 is 0 Å². The lowest BCUT2D eigenvalue weighted by Gasteiger charge is -2.35. The summed E-state index contributed by atoms with van der Waals surface area (Å²) in [5.74, 6) is 0.611. The van der Waals surface area contributed by atoms with Crippen LogP contribution in [0.1, 0.15) is 45.4 Å². The van der Waals surface area contributed by atoms with Gasteiger partial charge in [-0.2, -0.15) is 0 Å². The molecule has 1 aliphatic carbocycles. The first kappa shape index (κ1) is 14.3. The molecule has 2 N–H and O–H groups in total. The van der Waals surface area contributed by atoms with E-state index in [-0.39, 0.29) is 11.6 Å². The van der Waals surface area contributed by atoms with Gasteiger partial charge in [-0.05, 0) is 32.7 Å². The Hall–Kier alpha value is -0.130. The van der Waals surface area contributed by atoms with Crippen LogP contribution in [0, 0.1) is 0 Å². The van der Waals surface area contributed by atoms with Gasteiger partial charge < -0.3 is 10.6 Å². The Bertz CT molecular complexity index is 361. The molecular weight excluding hydrogens is 248 g/mol. The van der Waals surface area contributed by atoms with Gasteiger partial charge in [0.15, 0.2) is 9.84 Å². The van der Waals surface area contributed by atoms with Crippen molar-refractivity contribution in [1.29, 1.82) is 0 Å². The third-order valence-electron chi connectivity index (χ3n) is 4.30. The second kappa shape index (κ2) is 5.88. The smallest absolute Gasteiger partial charge is 0.153 e. The zero-order valence-electron chi connectivity index (χ0n) is 11.4. The van der Waals surface area contributed by atoms with Crippen molar-refractivity contribution in [3.05, 3.63) is 0 Å². The maximum Gasteiger partial charge on any atom is 0.153 e. The Morgan fingerprint density at radius 3 is 2.67 bits per heavy atom. The molecule has 0 aromatic rings. The van der Waals surface area contributed by atoms with Crippen molar-refractivity contribution in [2.75, 3.05) is 24.6 Å². The Balaban J connectivity index is 1.71. The fraction of sp³-hybridized carbons (Fsp3) is 1.00. The molecule has 0 amide bonds.